The van der Waals surface area contributed by atoms with Crippen LogP contribution in [-0.2, 0) is 4.74 Å². The zero-order valence-corrected chi connectivity index (χ0v) is 12.3. The maximum Gasteiger partial charge on any atom is 0.0941 e. The second kappa shape index (κ2) is 8.65. The summed E-state index contributed by atoms with van der Waals surface area (Å²) in [4.78, 5) is 0. The second-order valence-electron chi connectivity index (χ2n) is 4.46. The van der Waals surface area contributed by atoms with Crippen LogP contribution in [0.5, 0.6) is 0 Å². The summed E-state index contributed by atoms with van der Waals surface area (Å²) in [6.07, 6.45) is 3.84. The second-order valence-corrected chi connectivity index (χ2v) is 8.61. The van der Waals surface area contributed by atoms with Gasteiger partial charge in [-0.3, -0.25) is 0 Å². The summed E-state index contributed by atoms with van der Waals surface area (Å²) >= 11 is 0. The lowest BCUT2D eigenvalue weighted by atomic mass is 10.4. The summed E-state index contributed by atoms with van der Waals surface area (Å²) in [5, 5.41) is 19.1. The average molecular weight is 275 g/mol. The van der Waals surface area contributed by atoms with E-state index < -0.39 is 7.26 Å². The third-order valence-electron chi connectivity index (χ3n) is 3.33. The summed E-state index contributed by atoms with van der Waals surface area (Å²) < 4.78 is 5.24. The van der Waals surface area contributed by atoms with Crippen LogP contribution in [0.3, 0.4) is 0 Å². The number of hydrogen-bond donors (Lipinski definition) is 0. The molecule has 1 aromatic rings. The van der Waals surface area contributed by atoms with Crippen LogP contribution >= 0.6 is 7.26 Å². The van der Waals surface area contributed by atoms with Crippen LogP contribution in [0, 0.1) is 22.7 Å². The lowest BCUT2D eigenvalue weighted by Crippen LogP contribution is -2.22. The summed E-state index contributed by atoms with van der Waals surface area (Å²) in [7, 11) is 0.235. The molecule has 0 unspecified atom stereocenters. The van der Waals surface area contributed by atoms with Gasteiger partial charge in [-0.25, -0.2) is 0 Å². The molecule has 0 N–H and O–H groups in total. The van der Waals surface area contributed by atoms with E-state index in [4.69, 9.17) is 15.3 Å². The third kappa shape index (κ3) is 4.64. The van der Waals surface area contributed by atoms with Crippen LogP contribution < -0.4 is 5.30 Å². The van der Waals surface area contributed by atoms with Gasteiger partial charge in [0.25, 0.3) is 0 Å². The fourth-order valence-electron chi connectivity index (χ4n) is 2.26. The van der Waals surface area contributed by atoms with Crippen molar-refractivity contribution in [2.45, 2.75) is 12.8 Å². The van der Waals surface area contributed by atoms with E-state index in [0.29, 0.717) is 19.4 Å². The Kier molecular flexibility index (Phi) is 7.12. The molecule has 1 rings (SSSR count). The molecule has 3 nitrogen and oxygen atoms in total. The van der Waals surface area contributed by atoms with Crippen LogP contribution in [0.1, 0.15) is 12.8 Å². The molecule has 0 spiro atoms. The Balaban J connectivity index is 3.02. The first-order chi connectivity index (χ1) is 9.29. The van der Waals surface area contributed by atoms with E-state index in [1.807, 2.05) is 18.2 Å². The van der Waals surface area contributed by atoms with Crippen LogP contribution in [0.15, 0.2) is 30.3 Å². The third-order valence-corrected chi connectivity index (χ3v) is 7.92. The quantitative estimate of drug-likeness (QED) is 0.685. The molecular weight excluding hydrogens is 255 g/mol. The smallest absolute Gasteiger partial charge is 0.0941 e. The van der Waals surface area contributed by atoms with Crippen molar-refractivity contribution < 1.29 is 4.74 Å². The van der Waals surface area contributed by atoms with Gasteiger partial charge >= 0.3 is 0 Å². The first-order valence-electron chi connectivity index (χ1n) is 6.43. The fourth-order valence-corrected chi connectivity index (χ4v) is 6.10. The molecule has 1 aromatic carbocycles. The summed E-state index contributed by atoms with van der Waals surface area (Å²) in [5.41, 5.74) is 0. The predicted octanol–water partition coefficient (Wildman–Crippen LogP) is 2.80. The average Bonchev–Trinajstić information content (AvgIpc) is 2.48. The lowest BCUT2D eigenvalue weighted by molar-refractivity contribution is 0.217. The van der Waals surface area contributed by atoms with Gasteiger partial charge in [0.1, 0.15) is 0 Å². The normalized spacial score (nSPS) is 10.7. The Morgan fingerprint density at radius 2 is 1.58 bits per heavy atom. The zero-order chi connectivity index (χ0) is 14.0. The molecule has 0 aliphatic carbocycles. The highest BCUT2D eigenvalue weighted by atomic mass is 31.2. The largest absolute Gasteiger partial charge is 0.381 e. The van der Waals surface area contributed by atoms with E-state index in [2.05, 4.69) is 24.3 Å². The van der Waals surface area contributed by atoms with E-state index in [0.717, 1.165) is 18.5 Å². The van der Waals surface area contributed by atoms with Gasteiger partial charge in [0, 0.05) is 7.11 Å². The summed E-state index contributed by atoms with van der Waals surface area (Å²) in [6, 6.07) is 14.9. The Morgan fingerprint density at radius 1 is 1.00 bits per heavy atom. The van der Waals surface area contributed by atoms with Gasteiger partial charge < -0.3 is 4.74 Å². The van der Waals surface area contributed by atoms with Crippen molar-refractivity contribution in [1.82, 2.24) is 0 Å². The first kappa shape index (κ1) is 15.6. The van der Waals surface area contributed by atoms with E-state index in [-0.39, 0.29) is 0 Å². The number of ether oxygens (including phenoxy) is 1. The molecule has 0 amide bonds. The van der Waals surface area contributed by atoms with Crippen molar-refractivity contribution in [2.75, 3.05) is 32.2 Å². The highest BCUT2D eigenvalue weighted by Gasteiger charge is 2.38. The van der Waals surface area contributed by atoms with E-state index in [9.17, 15) is 0 Å². The number of methoxy groups -OCH3 is 1. The van der Waals surface area contributed by atoms with Gasteiger partial charge in [0.2, 0.25) is 0 Å². The van der Waals surface area contributed by atoms with Gasteiger partial charge in [0.05, 0.1) is 62.6 Å². The fraction of sp³-hybridized carbons (Fsp3) is 0.467. The number of benzene rings is 1. The topological polar surface area (TPSA) is 56.8 Å². The number of hydrogen-bond acceptors (Lipinski definition) is 3. The molecule has 19 heavy (non-hydrogen) atoms. The monoisotopic (exact) mass is 275 g/mol. The molecule has 0 heterocycles. The molecule has 0 atom stereocenters. The molecule has 4 heteroatoms. The van der Waals surface area contributed by atoms with Crippen LogP contribution in [0.4, 0.5) is 0 Å². The van der Waals surface area contributed by atoms with E-state index >= 15 is 0 Å². The highest BCUT2D eigenvalue weighted by molar-refractivity contribution is 7.83. The highest BCUT2D eigenvalue weighted by Crippen LogP contribution is 2.58. The molecule has 0 fully saturated rings. The first-order valence-corrected chi connectivity index (χ1v) is 8.78. The van der Waals surface area contributed by atoms with Crippen LogP contribution in [0.25, 0.3) is 0 Å². The zero-order valence-electron chi connectivity index (χ0n) is 11.4. The molecule has 0 aliphatic rings. The number of rotatable bonds is 8. The number of nitriles is 2. The molecule has 0 radical (unpaired) electrons. The van der Waals surface area contributed by atoms with Crippen molar-refractivity contribution in [3.63, 3.8) is 0 Å². The minimum absolute atomic E-state index is 0.553. The molecule has 0 saturated carbocycles. The molecule has 0 aromatic heterocycles. The standard InChI is InChI=1S/C15H20N2OP/c1-18-11-14-19(12-5-9-16,13-6-10-17)15-7-3-2-4-8-15/h2-4,7-8H,5-6,11-14H2,1H3/q+1. The van der Waals surface area contributed by atoms with Crippen molar-refractivity contribution in [1.29, 1.82) is 10.5 Å². The predicted molar refractivity (Wildman–Crippen MR) is 79.9 cm³/mol. The van der Waals surface area contributed by atoms with Crippen molar-refractivity contribution >= 4 is 12.6 Å². The molecule has 100 valence electrons. The number of nitrogens with zero attached hydrogens (tertiary/aromatic N) is 2. The Bertz CT molecular complexity index is 429. The van der Waals surface area contributed by atoms with Gasteiger partial charge in [-0.15, -0.1) is 0 Å². The van der Waals surface area contributed by atoms with Gasteiger partial charge in [-0.05, 0) is 12.1 Å². The van der Waals surface area contributed by atoms with Crippen molar-refractivity contribution in [3.05, 3.63) is 30.3 Å². The van der Waals surface area contributed by atoms with Gasteiger partial charge in [0.15, 0.2) is 0 Å². The van der Waals surface area contributed by atoms with Crippen molar-refractivity contribution in [2.24, 2.45) is 0 Å². The Hall–Kier alpha value is -1.41. The molecule has 0 bridgehead atoms. The van der Waals surface area contributed by atoms with E-state index in [1.165, 1.54) is 5.30 Å². The Labute approximate surface area is 116 Å². The summed E-state index contributed by atoms with van der Waals surface area (Å²) in [5.74, 6) is 0. The maximum absolute atomic E-state index is 8.90. The van der Waals surface area contributed by atoms with Gasteiger partial charge in [-0.1, -0.05) is 18.2 Å². The van der Waals surface area contributed by atoms with Crippen LogP contribution in [0.2, 0.25) is 0 Å². The Morgan fingerprint density at radius 3 is 2.05 bits per heavy atom. The van der Waals surface area contributed by atoms with Gasteiger partial charge in [-0.2, -0.15) is 10.5 Å². The molecule has 0 saturated heterocycles. The summed E-state index contributed by atoms with van der Waals surface area (Å²) in [6.45, 7) is 0.694. The minimum Gasteiger partial charge on any atom is -0.381 e. The molecule has 0 aliphatic heterocycles. The lowest BCUT2D eigenvalue weighted by Gasteiger charge is -2.26. The van der Waals surface area contributed by atoms with Crippen molar-refractivity contribution in [3.8, 4) is 12.1 Å². The van der Waals surface area contributed by atoms with E-state index in [1.54, 1.807) is 7.11 Å². The minimum atomic E-state index is -1.47. The maximum atomic E-state index is 8.90. The molecular formula is C15H20N2OP+. The van der Waals surface area contributed by atoms with Crippen LogP contribution in [-0.4, -0.2) is 32.2 Å². The SMILES string of the molecule is COCC[P+](CCC#N)(CCC#N)c1ccccc1.